The molecule has 0 aromatic heterocycles. The molecule has 0 aliphatic carbocycles. The van der Waals surface area contributed by atoms with E-state index in [2.05, 4.69) is 26.1 Å². The van der Waals surface area contributed by atoms with E-state index in [4.69, 9.17) is 14.7 Å². The lowest BCUT2D eigenvalue weighted by atomic mass is 10.1. The summed E-state index contributed by atoms with van der Waals surface area (Å²) in [6.45, 7) is 8.80. The first kappa shape index (κ1) is 15.3. The number of rotatable bonds is 5. The molecule has 1 atom stereocenters. The lowest BCUT2D eigenvalue weighted by molar-refractivity contribution is 0.259. The molecule has 4 nitrogen and oxygen atoms in total. The van der Waals surface area contributed by atoms with Crippen LogP contribution in [0.25, 0.3) is 0 Å². The number of ether oxygens (including phenoxy) is 2. The SMILES string of the molecule is COc1ccc(CNC(C)(C)C)cc1OC(C)C#N. The monoisotopic (exact) mass is 262 g/mol. The van der Waals surface area contributed by atoms with Crippen LogP contribution in [0.4, 0.5) is 0 Å². The lowest BCUT2D eigenvalue weighted by Crippen LogP contribution is -2.35. The summed E-state index contributed by atoms with van der Waals surface area (Å²) in [6.07, 6.45) is -0.500. The van der Waals surface area contributed by atoms with Gasteiger partial charge < -0.3 is 14.8 Å². The molecule has 0 bridgehead atoms. The van der Waals surface area contributed by atoms with Crippen LogP contribution in [0.5, 0.6) is 11.5 Å². The van der Waals surface area contributed by atoms with Crippen LogP contribution in [0.15, 0.2) is 18.2 Å². The molecule has 0 saturated carbocycles. The standard InChI is InChI=1S/C15H22N2O2/c1-11(9-16)19-14-8-12(6-7-13(14)18-5)10-17-15(2,3)4/h6-8,11,17H,10H2,1-5H3. The predicted octanol–water partition coefficient (Wildman–Crippen LogP) is 2.87. The summed E-state index contributed by atoms with van der Waals surface area (Å²) in [5.74, 6) is 1.24. The zero-order chi connectivity index (χ0) is 14.5. The fourth-order valence-electron chi connectivity index (χ4n) is 1.51. The number of hydrogen-bond donors (Lipinski definition) is 1. The van der Waals surface area contributed by atoms with Crippen LogP contribution in [0.3, 0.4) is 0 Å². The Hall–Kier alpha value is -1.73. The van der Waals surface area contributed by atoms with Gasteiger partial charge in [0.05, 0.1) is 7.11 Å². The minimum absolute atomic E-state index is 0.0564. The minimum atomic E-state index is -0.500. The molecule has 0 heterocycles. The molecule has 4 heteroatoms. The topological polar surface area (TPSA) is 54.3 Å². The van der Waals surface area contributed by atoms with Gasteiger partial charge in [-0.15, -0.1) is 0 Å². The van der Waals surface area contributed by atoms with Crippen molar-refractivity contribution in [2.75, 3.05) is 7.11 Å². The molecule has 0 radical (unpaired) electrons. The highest BCUT2D eigenvalue weighted by molar-refractivity contribution is 5.43. The Balaban J connectivity index is 2.86. The van der Waals surface area contributed by atoms with Crippen LogP contribution in [0.1, 0.15) is 33.3 Å². The van der Waals surface area contributed by atoms with Crippen molar-refractivity contribution in [3.63, 3.8) is 0 Å². The molecule has 0 amide bonds. The van der Waals surface area contributed by atoms with Crippen LogP contribution in [-0.4, -0.2) is 18.8 Å². The quantitative estimate of drug-likeness (QED) is 0.886. The highest BCUT2D eigenvalue weighted by Crippen LogP contribution is 2.29. The van der Waals surface area contributed by atoms with Crippen molar-refractivity contribution >= 4 is 0 Å². The van der Waals surface area contributed by atoms with Gasteiger partial charge in [-0.25, -0.2) is 0 Å². The number of benzene rings is 1. The molecule has 1 aromatic rings. The van der Waals surface area contributed by atoms with E-state index in [1.54, 1.807) is 14.0 Å². The molecule has 1 rings (SSSR count). The maximum atomic E-state index is 8.81. The largest absolute Gasteiger partial charge is 0.493 e. The summed E-state index contributed by atoms with van der Waals surface area (Å²) < 4.78 is 10.8. The number of nitrogens with zero attached hydrogens (tertiary/aromatic N) is 1. The summed E-state index contributed by atoms with van der Waals surface area (Å²) in [5.41, 5.74) is 1.15. The summed E-state index contributed by atoms with van der Waals surface area (Å²) in [7, 11) is 1.59. The Labute approximate surface area is 115 Å². The van der Waals surface area contributed by atoms with Gasteiger partial charge in [-0.3, -0.25) is 0 Å². The summed E-state index contributed by atoms with van der Waals surface area (Å²) in [6, 6.07) is 7.80. The molecular weight excluding hydrogens is 240 g/mol. The second-order valence-corrected chi connectivity index (χ2v) is 5.48. The van der Waals surface area contributed by atoms with Gasteiger partial charge in [-0.05, 0) is 45.4 Å². The van der Waals surface area contributed by atoms with Gasteiger partial charge in [-0.2, -0.15) is 5.26 Å². The van der Waals surface area contributed by atoms with E-state index in [-0.39, 0.29) is 5.54 Å². The molecule has 1 N–H and O–H groups in total. The summed E-state index contributed by atoms with van der Waals surface area (Å²) in [5, 5.41) is 12.2. The van der Waals surface area contributed by atoms with Gasteiger partial charge >= 0.3 is 0 Å². The smallest absolute Gasteiger partial charge is 0.181 e. The summed E-state index contributed by atoms with van der Waals surface area (Å²) in [4.78, 5) is 0. The number of nitrogens with one attached hydrogen (secondary N) is 1. The first-order valence-corrected chi connectivity index (χ1v) is 6.34. The summed E-state index contributed by atoms with van der Waals surface area (Å²) >= 11 is 0. The van der Waals surface area contributed by atoms with Crippen molar-refractivity contribution < 1.29 is 9.47 Å². The van der Waals surface area contributed by atoms with Crippen molar-refractivity contribution in [3.05, 3.63) is 23.8 Å². The van der Waals surface area contributed by atoms with Gasteiger partial charge in [0.1, 0.15) is 6.07 Å². The maximum absolute atomic E-state index is 8.81. The fraction of sp³-hybridized carbons (Fsp3) is 0.533. The molecule has 0 aliphatic rings. The van der Waals surface area contributed by atoms with E-state index in [0.717, 1.165) is 12.1 Å². The van der Waals surface area contributed by atoms with Crippen LogP contribution in [-0.2, 0) is 6.54 Å². The molecule has 0 saturated heterocycles. The van der Waals surface area contributed by atoms with E-state index in [1.165, 1.54) is 0 Å². The molecule has 19 heavy (non-hydrogen) atoms. The zero-order valence-corrected chi connectivity index (χ0v) is 12.3. The second-order valence-electron chi connectivity index (χ2n) is 5.48. The van der Waals surface area contributed by atoms with Crippen molar-refractivity contribution in [2.45, 2.75) is 45.9 Å². The molecule has 0 spiro atoms. The molecule has 1 unspecified atom stereocenters. The number of hydrogen-bond acceptors (Lipinski definition) is 4. The van der Waals surface area contributed by atoms with Crippen LogP contribution >= 0.6 is 0 Å². The van der Waals surface area contributed by atoms with Gasteiger partial charge in [0.25, 0.3) is 0 Å². The van der Waals surface area contributed by atoms with E-state index in [9.17, 15) is 0 Å². The van der Waals surface area contributed by atoms with Crippen LogP contribution in [0.2, 0.25) is 0 Å². The van der Waals surface area contributed by atoms with Gasteiger partial charge in [0, 0.05) is 12.1 Å². The average Bonchev–Trinajstić information content (AvgIpc) is 2.35. The highest BCUT2D eigenvalue weighted by atomic mass is 16.5. The zero-order valence-electron chi connectivity index (χ0n) is 12.3. The number of nitriles is 1. The predicted molar refractivity (Wildman–Crippen MR) is 75.3 cm³/mol. The third-order valence-corrected chi connectivity index (χ3v) is 2.54. The number of methoxy groups -OCH3 is 1. The molecule has 0 fully saturated rings. The van der Waals surface area contributed by atoms with Crippen molar-refractivity contribution in [3.8, 4) is 17.6 Å². The Bertz CT molecular complexity index is 458. The molecule has 0 aliphatic heterocycles. The first-order chi connectivity index (χ1) is 8.85. The normalized spacial score (nSPS) is 12.6. The van der Waals surface area contributed by atoms with Gasteiger partial charge in [-0.1, -0.05) is 6.07 Å². The van der Waals surface area contributed by atoms with Crippen LogP contribution < -0.4 is 14.8 Å². The van der Waals surface area contributed by atoms with Crippen LogP contribution in [0, 0.1) is 11.3 Å². The van der Waals surface area contributed by atoms with Gasteiger partial charge in [0.15, 0.2) is 17.6 Å². The van der Waals surface area contributed by atoms with E-state index in [1.807, 2.05) is 24.3 Å². The second kappa shape index (κ2) is 6.44. The van der Waals surface area contributed by atoms with E-state index < -0.39 is 6.10 Å². The highest BCUT2D eigenvalue weighted by Gasteiger charge is 2.12. The Kier molecular flexibility index (Phi) is 5.20. The van der Waals surface area contributed by atoms with Crippen molar-refractivity contribution in [1.82, 2.24) is 5.32 Å². The maximum Gasteiger partial charge on any atom is 0.181 e. The Morgan fingerprint density at radius 3 is 2.53 bits per heavy atom. The Morgan fingerprint density at radius 1 is 1.32 bits per heavy atom. The molecule has 104 valence electrons. The van der Waals surface area contributed by atoms with Gasteiger partial charge in [0.2, 0.25) is 0 Å². The first-order valence-electron chi connectivity index (χ1n) is 6.34. The lowest BCUT2D eigenvalue weighted by Gasteiger charge is -2.21. The molecular formula is C15H22N2O2. The third-order valence-electron chi connectivity index (χ3n) is 2.54. The minimum Gasteiger partial charge on any atom is -0.493 e. The average molecular weight is 262 g/mol. The van der Waals surface area contributed by atoms with E-state index in [0.29, 0.717) is 11.5 Å². The Morgan fingerprint density at radius 2 is 2.00 bits per heavy atom. The van der Waals surface area contributed by atoms with E-state index >= 15 is 0 Å². The molecule has 1 aromatic carbocycles. The fourth-order valence-corrected chi connectivity index (χ4v) is 1.51. The van der Waals surface area contributed by atoms with Crippen molar-refractivity contribution in [1.29, 1.82) is 5.26 Å². The van der Waals surface area contributed by atoms with Crippen molar-refractivity contribution in [2.24, 2.45) is 0 Å². The third kappa shape index (κ3) is 5.19.